The lowest BCUT2D eigenvalue weighted by molar-refractivity contribution is -0.115. The summed E-state index contributed by atoms with van der Waals surface area (Å²) < 4.78 is 15.6. The molecule has 3 rings (SSSR count). The lowest BCUT2D eigenvalue weighted by atomic mass is 10.1. The average molecular weight is 339 g/mol. The molecule has 0 saturated heterocycles. The van der Waals surface area contributed by atoms with Crippen molar-refractivity contribution in [3.63, 3.8) is 0 Å². The molecule has 0 bridgehead atoms. The van der Waals surface area contributed by atoms with E-state index in [1.165, 1.54) is 0 Å². The molecule has 1 amide bonds. The number of anilines is 1. The highest BCUT2D eigenvalue weighted by atomic mass is 16.5. The Bertz CT molecular complexity index is 840. The van der Waals surface area contributed by atoms with Crippen molar-refractivity contribution >= 4 is 11.8 Å². The predicted octanol–water partition coefficient (Wildman–Crippen LogP) is 2.94. The maximum Gasteiger partial charge on any atom is 0.231 e. The van der Waals surface area contributed by atoms with Crippen molar-refractivity contribution in [3.8, 4) is 22.9 Å². The van der Waals surface area contributed by atoms with E-state index in [0.717, 1.165) is 5.56 Å². The van der Waals surface area contributed by atoms with E-state index >= 15 is 0 Å². The zero-order valence-electron chi connectivity index (χ0n) is 13.9. The topological polar surface area (TPSA) is 86.5 Å². The fourth-order valence-corrected chi connectivity index (χ4v) is 2.30. The van der Waals surface area contributed by atoms with Crippen LogP contribution >= 0.6 is 0 Å². The van der Waals surface area contributed by atoms with Gasteiger partial charge in [0.15, 0.2) is 0 Å². The van der Waals surface area contributed by atoms with Crippen LogP contribution in [0, 0.1) is 0 Å². The second kappa shape index (κ2) is 7.48. The van der Waals surface area contributed by atoms with E-state index < -0.39 is 0 Å². The molecule has 2 heterocycles. The number of methoxy groups -OCH3 is 2. The van der Waals surface area contributed by atoms with Crippen LogP contribution < -0.4 is 14.8 Å². The van der Waals surface area contributed by atoms with Gasteiger partial charge in [0.2, 0.25) is 11.8 Å². The van der Waals surface area contributed by atoms with Crippen LogP contribution in [0.4, 0.5) is 5.88 Å². The molecule has 7 nitrogen and oxygen atoms in total. The summed E-state index contributed by atoms with van der Waals surface area (Å²) in [6.45, 7) is 0. The summed E-state index contributed by atoms with van der Waals surface area (Å²) in [5.41, 5.74) is 1.99. The molecule has 0 fully saturated rings. The maximum absolute atomic E-state index is 12.2. The van der Waals surface area contributed by atoms with Gasteiger partial charge in [-0.1, -0.05) is 11.2 Å². The number of rotatable bonds is 6. The molecule has 0 aliphatic heterocycles. The summed E-state index contributed by atoms with van der Waals surface area (Å²) in [6, 6.07) is 12.4. The van der Waals surface area contributed by atoms with Crippen molar-refractivity contribution in [3.05, 3.63) is 54.2 Å². The second-order valence-corrected chi connectivity index (χ2v) is 5.24. The van der Waals surface area contributed by atoms with Crippen LogP contribution in [0.3, 0.4) is 0 Å². The fraction of sp³-hybridized carbons (Fsp3) is 0.167. The van der Waals surface area contributed by atoms with Crippen LogP contribution in [-0.2, 0) is 11.2 Å². The molecule has 0 saturated carbocycles. The minimum Gasteiger partial charge on any atom is -0.497 e. The Morgan fingerprint density at radius 1 is 1.08 bits per heavy atom. The van der Waals surface area contributed by atoms with Crippen molar-refractivity contribution in [2.75, 3.05) is 19.5 Å². The Balaban J connectivity index is 1.68. The normalized spacial score (nSPS) is 10.3. The number of aromatic nitrogens is 2. The lowest BCUT2D eigenvalue weighted by Crippen LogP contribution is -2.14. The SMILES string of the molecule is COc1cc(CC(=O)Nc2cc(-c3ccccn3)no2)cc(OC)c1. The molecular weight excluding hydrogens is 322 g/mol. The minimum absolute atomic E-state index is 0.146. The first-order valence-electron chi connectivity index (χ1n) is 7.58. The molecule has 0 atom stereocenters. The zero-order chi connectivity index (χ0) is 17.6. The smallest absolute Gasteiger partial charge is 0.231 e. The van der Waals surface area contributed by atoms with E-state index in [1.807, 2.05) is 18.2 Å². The first-order valence-corrected chi connectivity index (χ1v) is 7.58. The van der Waals surface area contributed by atoms with Gasteiger partial charge in [0.25, 0.3) is 0 Å². The number of hydrogen-bond acceptors (Lipinski definition) is 6. The third-order valence-corrected chi connectivity index (χ3v) is 3.48. The first-order chi connectivity index (χ1) is 12.2. The van der Waals surface area contributed by atoms with E-state index in [2.05, 4.69) is 15.5 Å². The number of amides is 1. The number of carbonyl (C=O) groups is 1. The molecular formula is C18H17N3O4. The third kappa shape index (κ3) is 4.14. The molecule has 1 aromatic carbocycles. The summed E-state index contributed by atoms with van der Waals surface area (Å²) in [5.74, 6) is 1.28. The van der Waals surface area contributed by atoms with Gasteiger partial charge < -0.3 is 14.0 Å². The van der Waals surface area contributed by atoms with Crippen LogP contribution in [0.25, 0.3) is 11.4 Å². The van der Waals surface area contributed by atoms with Gasteiger partial charge in [-0.25, -0.2) is 0 Å². The van der Waals surface area contributed by atoms with Crippen molar-refractivity contribution in [1.82, 2.24) is 10.1 Å². The number of benzene rings is 1. The van der Waals surface area contributed by atoms with Gasteiger partial charge in [-0.15, -0.1) is 0 Å². The summed E-state index contributed by atoms with van der Waals surface area (Å²) in [4.78, 5) is 16.4. The van der Waals surface area contributed by atoms with Crippen molar-refractivity contribution in [2.24, 2.45) is 0 Å². The van der Waals surface area contributed by atoms with Gasteiger partial charge in [-0.3, -0.25) is 15.1 Å². The van der Waals surface area contributed by atoms with E-state index in [0.29, 0.717) is 22.9 Å². The molecule has 25 heavy (non-hydrogen) atoms. The van der Waals surface area contributed by atoms with Crippen molar-refractivity contribution in [1.29, 1.82) is 0 Å². The largest absolute Gasteiger partial charge is 0.497 e. The summed E-state index contributed by atoms with van der Waals surface area (Å²) in [7, 11) is 3.12. The average Bonchev–Trinajstić information content (AvgIpc) is 3.10. The molecule has 0 radical (unpaired) electrons. The van der Waals surface area contributed by atoms with Crippen LogP contribution in [0.5, 0.6) is 11.5 Å². The monoisotopic (exact) mass is 339 g/mol. The molecule has 0 aliphatic carbocycles. The molecule has 7 heteroatoms. The van der Waals surface area contributed by atoms with Gasteiger partial charge >= 0.3 is 0 Å². The summed E-state index contributed by atoms with van der Waals surface area (Å²) in [5, 5.41) is 6.59. The van der Waals surface area contributed by atoms with Gasteiger partial charge in [0.1, 0.15) is 17.2 Å². The van der Waals surface area contributed by atoms with E-state index in [1.54, 1.807) is 44.7 Å². The Morgan fingerprint density at radius 2 is 1.84 bits per heavy atom. The molecule has 3 aromatic rings. The van der Waals surface area contributed by atoms with E-state index in [4.69, 9.17) is 14.0 Å². The van der Waals surface area contributed by atoms with Gasteiger partial charge in [-0.2, -0.15) is 0 Å². The quantitative estimate of drug-likeness (QED) is 0.743. The third-order valence-electron chi connectivity index (χ3n) is 3.48. The van der Waals surface area contributed by atoms with Gasteiger partial charge in [0.05, 0.1) is 26.3 Å². The van der Waals surface area contributed by atoms with E-state index in [9.17, 15) is 4.79 Å². The first kappa shape index (κ1) is 16.5. The summed E-state index contributed by atoms with van der Waals surface area (Å²) in [6.07, 6.45) is 1.81. The second-order valence-electron chi connectivity index (χ2n) is 5.24. The minimum atomic E-state index is -0.237. The Labute approximate surface area is 144 Å². The van der Waals surface area contributed by atoms with Crippen molar-refractivity contribution < 1.29 is 18.8 Å². The Morgan fingerprint density at radius 3 is 2.48 bits per heavy atom. The van der Waals surface area contributed by atoms with Crippen LogP contribution in [0.2, 0.25) is 0 Å². The fourth-order valence-electron chi connectivity index (χ4n) is 2.30. The molecule has 0 aliphatic rings. The molecule has 0 unspecified atom stereocenters. The molecule has 1 N–H and O–H groups in total. The maximum atomic E-state index is 12.2. The zero-order valence-corrected chi connectivity index (χ0v) is 13.9. The number of pyridine rings is 1. The highest BCUT2D eigenvalue weighted by Crippen LogP contribution is 2.23. The number of carbonyl (C=O) groups excluding carboxylic acids is 1. The molecule has 2 aromatic heterocycles. The highest BCUT2D eigenvalue weighted by molar-refractivity contribution is 5.91. The van der Waals surface area contributed by atoms with Crippen LogP contribution in [-0.4, -0.2) is 30.3 Å². The predicted molar refractivity (Wildman–Crippen MR) is 91.6 cm³/mol. The molecule has 128 valence electrons. The number of hydrogen-bond donors (Lipinski definition) is 1. The summed E-state index contributed by atoms with van der Waals surface area (Å²) >= 11 is 0. The standard InChI is InChI=1S/C18H17N3O4/c1-23-13-7-12(8-14(10-13)24-2)9-17(22)20-18-11-16(21-25-18)15-5-3-4-6-19-15/h3-8,10-11H,9H2,1-2H3,(H,20,22). The number of nitrogens with zero attached hydrogens (tertiary/aromatic N) is 2. The number of nitrogens with one attached hydrogen (secondary N) is 1. The van der Waals surface area contributed by atoms with Gasteiger partial charge in [0, 0.05) is 18.3 Å². The lowest BCUT2D eigenvalue weighted by Gasteiger charge is -2.08. The molecule has 0 spiro atoms. The Hall–Kier alpha value is -3.35. The van der Waals surface area contributed by atoms with Crippen molar-refractivity contribution in [2.45, 2.75) is 6.42 Å². The van der Waals surface area contributed by atoms with Gasteiger partial charge in [-0.05, 0) is 29.8 Å². The highest BCUT2D eigenvalue weighted by Gasteiger charge is 2.12. The Kier molecular flexibility index (Phi) is 4.94. The van der Waals surface area contributed by atoms with E-state index in [-0.39, 0.29) is 18.2 Å². The van der Waals surface area contributed by atoms with Crippen LogP contribution in [0.15, 0.2) is 53.2 Å². The van der Waals surface area contributed by atoms with Crippen LogP contribution in [0.1, 0.15) is 5.56 Å². The number of ether oxygens (including phenoxy) is 2.